The fraction of sp³-hybridized carbons (Fsp3) is 0.200. The van der Waals surface area contributed by atoms with Gasteiger partial charge in [-0.1, -0.05) is 29.8 Å². The summed E-state index contributed by atoms with van der Waals surface area (Å²) in [5.41, 5.74) is 5.65. The molecule has 0 spiro atoms. The second kappa shape index (κ2) is 8.41. The number of hydrogen-bond donors (Lipinski definition) is 1. The normalized spacial score (nSPS) is 10.9. The molecule has 0 aliphatic rings. The van der Waals surface area contributed by atoms with Crippen molar-refractivity contribution in [1.82, 2.24) is 14.9 Å². The zero-order valence-corrected chi connectivity index (χ0v) is 17.5. The van der Waals surface area contributed by atoms with Crippen LogP contribution in [0.4, 0.5) is 0 Å². The molecule has 4 aromatic rings. The van der Waals surface area contributed by atoms with Crippen LogP contribution >= 0.6 is 0 Å². The summed E-state index contributed by atoms with van der Waals surface area (Å²) in [4.78, 5) is 17.3. The molecule has 5 heteroatoms. The van der Waals surface area contributed by atoms with E-state index in [9.17, 15) is 4.79 Å². The molecular formula is C25H25N3O2. The van der Waals surface area contributed by atoms with E-state index in [-0.39, 0.29) is 5.91 Å². The van der Waals surface area contributed by atoms with E-state index in [4.69, 9.17) is 4.74 Å². The predicted molar refractivity (Wildman–Crippen MR) is 119 cm³/mol. The highest BCUT2D eigenvalue weighted by molar-refractivity contribution is 5.97. The SMILES string of the molecule is CCOc1ccc(-n2c(C)nc3cc(C(=O)NCc4ccc(C)cc4)ccc32)cc1. The van der Waals surface area contributed by atoms with Gasteiger partial charge >= 0.3 is 0 Å². The first-order valence-corrected chi connectivity index (χ1v) is 10.1. The van der Waals surface area contributed by atoms with Crippen LogP contribution < -0.4 is 10.1 Å². The molecule has 0 radical (unpaired) electrons. The molecule has 152 valence electrons. The maximum absolute atomic E-state index is 12.6. The molecule has 1 heterocycles. The van der Waals surface area contributed by atoms with Gasteiger partial charge in [-0.15, -0.1) is 0 Å². The van der Waals surface area contributed by atoms with Crippen LogP contribution in [0.15, 0.2) is 66.7 Å². The van der Waals surface area contributed by atoms with E-state index in [2.05, 4.69) is 14.9 Å². The third kappa shape index (κ3) is 4.06. The average Bonchev–Trinajstić information content (AvgIpc) is 3.09. The summed E-state index contributed by atoms with van der Waals surface area (Å²) in [5, 5.41) is 2.98. The maximum atomic E-state index is 12.6. The van der Waals surface area contributed by atoms with Crippen LogP contribution in [0.1, 0.15) is 34.2 Å². The van der Waals surface area contributed by atoms with Crippen molar-refractivity contribution in [3.05, 3.63) is 89.2 Å². The standard InChI is InChI=1S/C25H25N3O2/c1-4-30-22-12-10-21(11-13-22)28-18(3)27-23-15-20(9-14-24(23)28)25(29)26-16-19-7-5-17(2)6-8-19/h5-15H,4,16H2,1-3H3,(H,26,29). The summed E-state index contributed by atoms with van der Waals surface area (Å²) in [6.45, 7) is 7.12. The van der Waals surface area contributed by atoms with Crippen LogP contribution in [0, 0.1) is 13.8 Å². The summed E-state index contributed by atoms with van der Waals surface area (Å²) >= 11 is 0. The largest absolute Gasteiger partial charge is 0.494 e. The molecule has 0 saturated heterocycles. The maximum Gasteiger partial charge on any atom is 0.251 e. The molecular weight excluding hydrogens is 374 g/mol. The van der Waals surface area contributed by atoms with E-state index >= 15 is 0 Å². The lowest BCUT2D eigenvalue weighted by atomic mass is 10.1. The molecule has 0 atom stereocenters. The first-order chi connectivity index (χ1) is 14.5. The molecule has 0 aliphatic carbocycles. The van der Waals surface area contributed by atoms with Gasteiger partial charge in [-0.25, -0.2) is 4.98 Å². The lowest BCUT2D eigenvalue weighted by Gasteiger charge is -2.09. The van der Waals surface area contributed by atoms with Crippen molar-refractivity contribution in [2.45, 2.75) is 27.3 Å². The van der Waals surface area contributed by atoms with Gasteiger partial charge in [-0.05, 0) is 68.8 Å². The van der Waals surface area contributed by atoms with E-state index in [1.54, 1.807) is 0 Å². The van der Waals surface area contributed by atoms with Gasteiger partial charge in [0.25, 0.3) is 5.91 Å². The van der Waals surface area contributed by atoms with Gasteiger partial charge in [0, 0.05) is 17.8 Å². The first-order valence-electron chi connectivity index (χ1n) is 10.1. The third-order valence-electron chi connectivity index (χ3n) is 5.06. The Morgan fingerprint density at radius 2 is 1.73 bits per heavy atom. The molecule has 1 N–H and O–H groups in total. The number of ether oxygens (including phenoxy) is 1. The molecule has 3 aromatic carbocycles. The Morgan fingerprint density at radius 3 is 2.43 bits per heavy atom. The fourth-order valence-corrected chi connectivity index (χ4v) is 3.52. The number of aryl methyl sites for hydroxylation is 2. The highest BCUT2D eigenvalue weighted by Gasteiger charge is 2.13. The number of aromatic nitrogens is 2. The van der Waals surface area contributed by atoms with Gasteiger partial charge in [0.2, 0.25) is 0 Å². The predicted octanol–water partition coefficient (Wildman–Crippen LogP) is 4.97. The number of nitrogens with zero attached hydrogens (tertiary/aromatic N) is 2. The summed E-state index contributed by atoms with van der Waals surface area (Å²) in [6, 6.07) is 21.7. The Bertz CT molecular complexity index is 1180. The summed E-state index contributed by atoms with van der Waals surface area (Å²) < 4.78 is 7.61. The topological polar surface area (TPSA) is 56.2 Å². The third-order valence-corrected chi connectivity index (χ3v) is 5.06. The lowest BCUT2D eigenvalue weighted by Crippen LogP contribution is -2.22. The summed E-state index contributed by atoms with van der Waals surface area (Å²) in [6.07, 6.45) is 0. The Labute approximate surface area is 176 Å². The number of imidazole rings is 1. The average molecular weight is 399 g/mol. The van der Waals surface area contributed by atoms with Crippen molar-refractivity contribution in [3.63, 3.8) is 0 Å². The zero-order chi connectivity index (χ0) is 21.1. The van der Waals surface area contributed by atoms with E-state index in [1.165, 1.54) is 5.56 Å². The van der Waals surface area contributed by atoms with Gasteiger partial charge in [0.15, 0.2) is 0 Å². The highest BCUT2D eigenvalue weighted by atomic mass is 16.5. The van der Waals surface area contributed by atoms with Crippen LogP contribution in [0.25, 0.3) is 16.7 Å². The van der Waals surface area contributed by atoms with Crippen LogP contribution in [-0.4, -0.2) is 22.1 Å². The van der Waals surface area contributed by atoms with Crippen molar-refractivity contribution >= 4 is 16.9 Å². The van der Waals surface area contributed by atoms with Crippen molar-refractivity contribution < 1.29 is 9.53 Å². The minimum Gasteiger partial charge on any atom is -0.494 e. The van der Waals surface area contributed by atoms with Gasteiger partial charge in [-0.3, -0.25) is 9.36 Å². The number of fused-ring (bicyclic) bond motifs is 1. The second-order valence-corrected chi connectivity index (χ2v) is 7.29. The number of hydrogen-bond acceptors (Lipinski definition) is 3. The van der Waals surface area contributed by atoms with Crippen molar-refractivity contribution in [1.29, 1.82) is 0 Å². The second-order valence-electron chi connectivity index (χ2n) is 7.29. The van der Waals surface area contributed by atoms with Crippen LogP contribution in [0.5, 0.6) is 5.75 Å². The molecule has 0 fully saturated rings. The van der Waals surface area contributed by atoms with Crippen LogP contribution in [0.2, 0.25) is 0 Å². The van der Waals surface area contributed by atoms with Gasteiger partial charge in [0.05, 0.1) is 17.6 Å². The van der Waals surface area contributed by atoms with Crippen molar-refractivity contribution in [2.75, 3.05) is 6.61 Å². The number of carbonyl (C=O) groups is 1. The van der Waals surface area contributed by atoms with Crippen LogP contribution in [0.3, 0.4) is 0 Å². The lowest BCUT2D eigenvalue weighted by molar-refractivity contribution is 0.0951. The van der Waals surface area contributed by atoms with Gasteiger partial charge in [-0.2, -0.15) is 0 Å². The smallest absolute Gasteiger partial charge is 0.251 e. The molecule has 0 aliphatic heterocycles. The quantitative estimate of drug-likeness (QED) is 0.498. The molecule has 1 amide bonds. The molecule has 0 bridgehead atoms. The van der Waals surface area contributed by atoms with E-state index in [0.717, 1.165) is 33.9 Å². The van der Waals surface area contributed by atoms with E-state index in [1.807, 2.05) is 87.5 Å². The number of nitrogens with one attached hydrogen (secondary N) is 1. The van der Waals surface area contributed by atoms with Crippen molar-refractivity contribution in [3.8, 4) is 11.4 Å². The number of amides is 1. The Morgan fingerprint density at radius 1 is 1.00 bits per heavy atom. The number of rotatable bonds is 6. The number of benzene rings is 3. The highest BCUT2D eigenvalue weighted by Crippen LogP contribution is 2.24. The molecule has 1 aromatic heterocycles. The Balaban J connectivity index is 1.56. The number of carbonyl (C=O) groups excluding carboxylic acids is 1. The minimum atomic E-state index is -0.106. The fourth-order valence-electron chi connectivity index (χ4n) is 3.52. The van der Waals surface area contributed by atoms with Gasteiger partial charge in [0.1, 0.15) is 11.6 Å². The molecule has 0 saturated carbocycles. The molecule has 30 heavy (non-hydrogen) atoms. The molecule has 5 nitrogen and oxygen atoms in total. The first kappa shape index (κ1) is 19.7. The van der Waals surface area contributed by atoms with Crippen molar-refractivity contribution in [2.24, 2.45) is 0 Å². The Hall–Kier alpha value is -3.60. The van der Waals surface area contributed by atoms with Gasteiger partial charge < -0.3 is 10.1 Å². The molecule has 0 unspecified atom stereocenters. The summed E-state index contributed by atoms with van der Waals surface area (Å²) in [5.74, 6) is 1.60. The summed E-state index contributed by atoms with van der Waals surface area (Å²) in [7, 11) is 0. The van der Waals surface area contributed by atoms with Crippen LogP contribution in [-0.2, 0) is 6.54 Å². The zero-order valence-electron chi connectivity index (χ0n) is 17.5. The monoisotopic (exact) mass is 399 g/mol. The van der Waals surface area contributed by atoms with E-state index in [0.29, 0.717) is 18.7 Å². The molecule has 4 rings (SSSR count). The Kier molecular flexibility index (Phi) is 5.53. The van der Waals surface area contributed by atoms with E-state index < -0.39 is 0 Å². The minimum absolute atomic E-state index is 0.106.